The fourth-order valence-electron chi connectivity index (χ4n) is 1.39. The third-order valence-corrected chi connectivity index (χ3v) is 2.70. The van der Waals surface area contributed by atoms with Gasteiger partial charge in [0.1, 0.15) is 5.75 Å². The average molecular weight is 207 g/mol. The molecule has 15 heavy (non-hydrogen) atoms. The van der Waals surface area contributed by atoms with Crippen LogP contribution in [0.25, 0.3) is 0 Å². The molecule has 0 aromatic heterocycles. The predicted molar refractivity (Wildman–Crippen MR) is 58.7 cm³/mol. The van der Waals surface area contributed by atoms with Crippen LogP contribution in [0.4, 0.5) is 0 Å². The van der Waals surface area contributed by atoms with Crippen LogP contribution in [0.5, 0.6) is 5.75 Å². The van der Waals surface area contributed by atoms with Crippen LogP contribution in [0.2, 0.25) is 0 Å². The van der Waals surface area contributed by atoms with Crippen molar-refractivity contribution in [3.63, 3.8) is 0 Å². The van der Waals surface area contributed by atoms with Crippen LogP contribution >= 0.6 is 0 Å². The molecule has 1 saturated carbocycles. The minimum atomic E-state index is -0.946. The van der Waals surface area contributed by atoms with Crippen molar-refractivity contribution in [3.05, 3.63) is 29.8 Å². The van der Waals surface area contributed by atoms with E-state index >= 15 is 0 Å². The predicted octanol–water partition coefficient (Wildman–Crippen LogP) is 1.39. The number of rotatable bonds is 4. The smallest absolute Gasteiger partial charge is 0.119 e. The molecular weight excluding hydrogens is 190 g/mol. The van der Waals surface area contributed by atoms with Gasteiger partial charge in [0.2, 0.25) is 0 Å². The van der Waals surface area contributed by atoms with Gasteiger partial charge in [-0.05, 0) is 37.5 Å². The molecule has 3 nitrogen and oxygen atoms in total. The molecule has 0 aliphatic heterocycles. The van der Waals surface area contributed by atoms with Gasteiger partial charge in [-0.1, -0.05) is 12.1 Å². The highest BCUT2D eigenvalue weighted by Gasteiger charge is 2.24. The average Bonchev–Trinajstić information content (AvgIpc) is 3.03. The Morgan fingerprint density at radius 1 is 1.40 bits per heavy atom. The molecule has 0 spiro atoms. The molecule has 2 rings (SSSR count). The Morgan fingerprint density at radius 3 is 2.47 bits per heavy atom. The largest absolute Gasteiger partial charge is 0.490 e. The summed E-state index contributed by atoms with van der Waals surface area (Å²) in [6.45, 7) is 1.93. The zero-order chi connectivity index (χ0) is 10.9. The van der Waals surface area contributed by atoms with E-state index in [0.717, 1.165) is 24.2 Å². The van der Waals surface area contributed by atoms with Crippen LogP contribution in [-0.4, -0.2) is 17.8 Å². The summed E-state index contributed by atoms with van der Waals surface area (Å²) in [5, 5.41) is 9.91. The third kappa shape index (κ3) is 2.49. The van der Waals surface area contributed by atoms with Gasteiger partial charge in [0.05, 0.1) is 11.7 Å². The lowest BCUT2D eigenvalue weighted by atomic mass is 9.96. The molecule has 0 saturated heterocycles. The lowest BCUT2D eigenvalue weighted by Crippen LogP contribution is -2.31. The van der Waals surface area contributed by atoms with Gasteiger partial charge in [0.25, 0.3) is 0 Å². The SMILES string of the molecule is CC(O)(CN)c1ccc(OC2CC2)cc1. The van der Waals surface area contributed by atoms with Gasteiger partial charge in [0, 0.05) is 6.54 Å². The van der Waals surface area contributed by atoms with Crippen molar-refractivity contribution in [3.8, 4) is 5.75 Å². The molecule has 1 unspecified atom stereocenters. The zero-order valence-electron chi connectivity index (χ0n) is 8.94. The van der Waals surface area contributed by atoms with Gasteiger partial charge >= 0.3 is 0 Å². The van der Waals surface area contributed by atoms with Gasteiger partial charge in [0.15, 0.2) is 0 Å². The molecule has 1 aliphatic carbocycles. The minimum Gasteiger partial charge on any atom is -0.490 e. The summed E-state index contributed by atoms with van der Waals surface area (Å²) in [5.41, 5.74) is 5.37. The molecule has 0 amide bonds. The first-order chi connectivity index (χ1) is 7.12. The van der Waals surface area contributed by atoms with E-state index < -0.39 is 5.60 Å². The van der Waals surface area contributed by atoms with Crippen molar-refractivity contribution in [1.29, 1.82) is 0 Å². The summed E-state index contributed by atoms with van der Waals surface area (Å²) >= 11 is 0. The third-order valence-electron chi connectivity index (χ3n) is 2.70. The maximum atomic E-state index is 9.91. The first-order valence-electron chi connectivity index (χ1n) is 5.31. The minimum absolute atomic E-state index is 0.218. The fourth-order valence-corrected chi connectivity index (χ4v) is 1.39. The second kappa shape index (κ2) is 3.83. The quantitative estimate of drug-likeness (QED) is 0.784. The summed E-state index contributed by atoms with van der Waals surface area (Å²) in [4.78, 5) is 0. The van der Waals surface area contributed by atoms with Gasteiger partial charge in [-0.2, -0.15) is 0 Å². The molecule has 0 radical (unpaired) electrons. The fraction of sp³-hybridized carbons (Fsp3) is 0.500. The molecule has 0 heterocycles. The number of hydrogen-bond acceptors (Lipinski definition) is 3. The van der Waals surface area contributed by atoms with Crippen molar-refractivity contribution < 1.29 is 9.84 Å². The molecule has 1 aliphatic rings. The number of ether oxygens (including phenoxy) is 1. The van der Waals surface area contributed by atoms with Crippen LogP contribution in [-0.2, 0) is 5.60 Å². The maximum Gasteiger partial charge on any atom is 0.119 e. The second-order valence-corrected chi connectivity index (χ2v) is 4.32. The summed E-state index contributed by atoms with van der Waals surface area (Å²) in [6, 6.07) is 7.50. The van der Waals surface area contributed by atoms with Gasteiger partial charge in [-0.25, -0.2) is 0 Å². The van der Waals surface area contributed by atoms with Crippen LogP contribution in [0.15, 0.2) is 24.3 Å². The first kappa shape index (κ1) is 10.5. The zero-order valence-corrected chi connectivity index (χ0v) is 8.94. The second-order valence-electron chi connectivity index (χ2n) is 4.32. The summed E-state index contributed by atoms with van der Waals surface area (Å²) < 4.78 is 5.61. The van der Waals surface area contributed by atoms with E-state index in [1.54, 1.807) is 6.92 Å². The highest BCUT2D eigenvalue weighted by Crippen LogP contribution is 2.28. The summed E-state index contributed by atoms with van der Waals surface area (Å²) in [7, 11) is 0. The van der Waals surface area contributed by atoms with Crippen LogP contribution in [0, 0.1) is 0 Å². The molecule has 82 valence electrons. The topological polar surface area (TPSA) is 55.5 Å². The number of hydrogen-bond donors (Lipinski definition) is 2. The highest BCUT2D eigenvalue weighted by atomic mass is 16.5. The number of aliphatic hydroxyl groups is 1. The van der Waals surface area contributed by atoms with Gasteiger partial charge < -0.3 is 15.6 Å². The van der Waals surface area contributed by atoms with Crippen LogP contribution in [0.3, 0.4) is 0 Å². The van der Waals surface area contributed by atoms with Gasteiger partial charge in [-0.3, -0.25) is 0 Å². The van der Waals surface area contributed by atoms with E-state index in [9.17, 15) is 5.11 Å². The lowest BCUT2D eigenvalue weighted by Gasteiger charge is -2.21. The number of nitrogens with two attached hydrogens (primary N) is 1. The highest BCUT2D eigenvalue weighted by molar-refractivity contribution is 5.31. The molecule has 1 aromatic rings. The van der Waals surface area contributed by atoms with E-state index in [0.29, 0.717) is 6.10 Å². The van der Waals surface area contributed by atoms with E-state index in [1.165, 1.54) is 0 Å². The lowest BCUT2D eigenvalue weighted by molar-refractivity contribution is 0.0668. The number of benzene rings is 1. The molecule has 0 bridgehead atoms. The standard InChI is InChI=1S/C12H17NO2/c1-12(14,8-13)9-2-4-10(5-3-9)15-11-6-7-11/h2-5,11,14H,6-8,13H2,1H3. The van der Waals surface area contributed by atoms with Gasteiger partial charge in [-0.15, -0.1) is 0 Å². The molecule has 3 heteroatoms. The van der Waals surface area contributed by atoms with Crippen molar-refractivity contribution in [1.82, 2.24) is 0 Å². The van der Waals surface area contributed by atoms with Crippen LogP contribution in [0.1, 0.15) is 25.3 Å². The van der Waals surface area contributed by atoms with E-state index in [4.69, 9.17) is 10.5 Å². The van der Waals surface area contributed by atoms with Crippen LogP contribution < -0.4 is 10.5 Å². The molecule has 3 N–H and O–H groups in total. The summed E-state index contributed by atoms with van der Waals surface area (Å²) in [6.07, 6.45) is 2.72. The van der Waals surface area contributed by atoms with E-state index in [1.807, 2.05) is 24.3 Å². The Labute approximate surface area is 89.9 Å². The monoisotopic (exact) mass is 207 g/mol. The Kier molecular flexibility index (Phi) is 2.67. The first-order valence-corrected chi connectivity index (χ1v) is 5.31. The molecule has 1 aromatic carbocycles. The Hall–Kier alpha value is -1.06. The van der Waals surface area contributed by atoms with Crippen molar-refractivity contribution >= 4 is 0 Å². The summed E-state index contributed by atoms with van der Waals surface area (Å²) in [5.74, 6) is 0.870. The van der Waals surface area contributed by atoms with Crippen molar-refractivity contribution in [2.24, 2.45) is 5.73 Å². The maximum absolute atomic E-state index is 9.91. The normalized spacial score (nSPS) is 19.7. The van der Waals surface area contributed by atoms with E-state index in [-0.39, 0.29) is 6.54 Å². The Bertz CT molecular complexity index is 328. The molecular formula is C12H17NO2. The van der Waals surface area contributed by atoms with E-state index in [2.05, 4.69) is 0 Å². The molecule has 1 atom stereocenters. The Morgan fingerprint density at radius 2 is 2.00 bits per heavy atom. The molecule has 1 fully saturated rings. The Balaban J connectivity index is 2.08. The van der Waals surface area contributed by atoms with Crippen molar-refractivity contribution in [2.75, 3.05) is 6.54 Å². The van der Waals surface area contributed by atoms with Crippen molar-refractivity contribution in [2.45, 2.75) is 31.5 Å².